The molecule has 0 aliphatic rings. The van der Waals surface area contributed by atoms with Crippen LogP contribution in [-0.2, 0) is 0 Å². The molecular weight excluding hydrogens is 418 g/mol. The molecule has 3 heterocycles. The van der Waals surface area contributed by atoms with Crippen LogP contribution in [0.3, 0.4) is 0 Å². The van der Waals surface area contributed by atoms with Gasteiger partial charge in [0.1, 0.15) is 5.52 Å². The molecule has 0 spiro atoms. The predicted octanol–water partition coefficient (Wildman–Crippen LogP) is 7.65. The first-order valence-electron chi connectivity index (χ1n) is 11.3. The van der Waals surface area contributed by atoms with Crippen LogP contribution in [0.5, 0.6) is 0 Å². The monoisotopic (exact) mass is 437 g/mol. The fourth-order valence-electron chi connectivity index (χ4n) is 4.76. The van der Waals surface area contributed by atoms with Crippen LogP contribution in [0.15, 0.2) is 120 Å². The highest BCUT2D eigenvalue weighted by atomic mass is 16.3. The Labute approximate surface area is 195 Å². The quantitative estimate of drug-likeness (QED) is 0.285. The standard InChI is InChI=1S/C30H19N3O/c1-2-9-20(10-3-1)30-32-25-16-17-27-28(29(25)34-30)23-13-4-5-15-26(23)33(27)22-12-8-11-21(19-22)24-14-6-7-18-31-24/h1-19H. The number of hydrogen-bond donors (Lipinski definition) is 0. The second kappa shape index (κ2) is 7.42. The highest BCUT2D eigenvalue weighted by molar-refractivity contribution is 6.19. The van der Waals surface area contributed by atoms with Gasteiger partial charge in [-0.3, -0.25) is 4.98 Å². The third kappa shape index (κ3) is 2.86. The summed E-state index contributed by atoms with van der Waals surface area (Å²) in [5, 5.41) is 2.22. The molecule has 0 aliphatic heterocycles. The molecule has 7 aromatic rings. The fourth-order valence-corrected chi connectivity index (χ4v) is 4.76. The Balaban J connectivity index is 1.52. The highest BCUT2D eigenvalue weighted by Gasteiger charge is 2.19. The lowest BCUT2D eigenvalue weighted by Gasteiger charge is -2.10. The average molecular weight is 438 g/mol. The molecule has 0 atom stereocenters. The summed E-state index contributed by atoms with van der Waals surface area (Å²) in [5.41, 5.74) is 7.97. The van der Waals surface area contributed by atoms with Gasteiger partial charge < -0.3 is 8.98 Å². The molecule has 4 heteroatoms. The number of pyridine rings is 1. The van der Waals surface area contributed by atoms with E-state index in [1.807, 2.05) is 60.8 Å². The van der Waals surface area contributed by atoms with Crippen molar-refractivity contribution >= 4 is 32.9 Å². The Kier molecular flexibility index (Phi) is 4.11. The summed E-state index contributed by atoms with van der Waals surface area (Å²) < 4.78 is 8.68. The summed E-state index contributed by atoms with van der Waals surface area (Å²) in [6, 6.07) is 37.2. The van der Waals surface area contributed by atoms with Crippen molar-refractivity contribution in [1.29, 1.82) is 0 Å². The molecule has 0 aliphatic carbocycles. The second-order valence-electron chi connectivity index (χ2n) is 8.31. The first-order chi connectivity index (χ1) is 16.9. The average Bonchev–Trinajstić information content (AvgIpc) is 3.49. The zero-order valence-electron chi connectivity index (χ0n) is 18.2. The number of oxazole rings is 1. The van der Waals surface area contributed by atoms with Crippen molar-refractivity contribution in [3.63, 3.8) is 0 Å². The van der Waals surface area contributed by atoms with Gasteiger partial charge in [0.25, 0.3) is 0 Å². The molecule has 0 fully saturated rings. The number of hydrogen-bond acceptors (Lipinski definition) is 3. The van der Waals surface area contributed by atoms with E-state index in [1.54, 1.807) is 0 Å². The summed E-state index contributed by atoms with van der Waals surface area (Å²) in [7, 11) is 0. The van der Waals surface area contributed by atoms with Crippen molar-refractivity contribution in [3.8, 4) is 28.4 Å². The summed E-state index contributed by atoms with van der Waals surface area (Å²) in [6.45, 7) is 0. The molecule has 7 rings (SSSR count). The van der Waals surface area contributed by atoms with E-state index in [9.17, 15) is 0 Å². The van der Waals surface area contributed by atoms with Crippen LogP contribution in [0.1, 0.15) is 0 Å². The van der Waals surface area contributed by atoms with E-state index < -0.39 is 0 Å². The lowest BCUT2D eigenvalue weighted by atomic mass is 10.1. The third-order valence-electron chi connectivity index (χ3n) is 6.28. The van der Waals surface area contributed by atoms with E-state index in [2.05, 4.69) is 64.1 Å². The van der Waals surface area contributed by atoms with Gasteiger partial charge in [0.05, 0.1) is 22.1 Å². The SMILES string of the molecule is c1ccc(-c2nc3ccc4c(c5ccccc5n4-c4cccc(-c5ccccn5)c4)c3o2)cc1. The van der Waals surface area contributed by atoms with Gasteiger partial charge >= 0.3 is 0 Å². The van der Waals surface area contributed by atoms with E-state index in [1.165, 1.54) is 0 Å². The van der Waals surface area contributed by atoms with Crippen molar-refractivity contribution in [2.24, 2.45) is 0 Å². The molecule has 3 aromatic heterocycles. The molecular formula is C30H19N3O. The molecule has 0 saturated heterocycles. The number of fused-ring (bicyclic) bond motifs is 5. The van der Waals surface area contributed by atoms with E-state index >= 15 is 0 Å². The van der Waals surface area contributed by atoms with Gasteiger partial charge in [-0.2, -0.15) is 0 Å². The maximum absolute atomic E-state index is 6.38. The Hall–Kier alpha value is -4.70. The Morgan fingerprint density at radius 2 is 1.47 bits per heavy atom. The zero-order chi connectivity index (χ0) is 22.5. The first-order valence-corrected chi connectivity index (χ1v) is 11.3. The van der Waals surface area contributed by atoms with Crippen LogP contribution in [0.25, 0.3) is 61.3 Å². The molecule has 0 unspecified atom stereocenters. The molecule has 0 radical (unpaired) electrons. The van der Waals surface area contributed by atoms with Crippen LogP contribution < -0.4 is 0 Å². The summed E-state index contributed by atoms with van der Waals surface area (Å²) in [4.78, 5) is 9.33. The molecule has 0 saturated carbocycles. The molecule has 0 amide bonds. The maximum atomic E-state index is 6.38. The summed E-state index contributed by atoms with van der Waals surface area (Å²) >= 11 is 0. The number of rotatable bonds is 3. The molecule has 160 valence electrons. The minimum atomic E-state index is 0.636. The van der Waals surface area contributed by atoms with Crippen molar-refractivity contribution in [3.05, 3.63) is 115 Å². The van der Waals surface area contributed by atoms with Crippen molar-refractivity contribution in [1.82, 2.24) is 14.5 Å². The largest absolute Gasteiger partial charge is 0.435 e. The van der Waals surface area contributed by atoms with Crippen LogP contribution in [0, 0.1) is 0 Å². The van der Waals surface area contributed by atoms with E-state index in [-0.39, 0.29) is 0 Å². The van der Waals surface area contributed by atoms with Crippen LogP contribution in [0.2, 0.25) is 0 Å². The lowest BCUT2D eigenvalue weighted by Crippen LogP contribution is -1.94. The summed E-state index contributed by atoms with van der Waals surface area (Å²) in [6.07, 6.45) is 1.83. The molecule has 0 bridgehead atoms. The minimum Gasteiger partial charge on any atom is -0.435 e. The highest BCUT2D eigenvalue weighted by Crippen LogP contribution is 2.38. The predicted molar refractivity (Wildman–Crippen MR) is 137 cm³/mol. The van der Waals surface area contributed by atoms with E-state index in [0.717, 1.165) is 55.4 Å². The second-order valence-corrected chi connectivity index (χ2v) is 8.31. The van der Waals surface area contributed by atoms with Crippen LogP contribution >= 0.6 is 0 Å². The van der Waals surface area contributed by atoms with Gasteiger partial charge in [-0.1, -0.05) is 54.6 Å². The fraction of sp³-hybridized carbons (Fsp3) is 0. The third-order valence-corrected chi connectivity index (χ3v) is 6.28. The van der Waals surface area contributed by atoms with E-state index in [4.69, 9.17) is 9.40 Å². The number of benzene rings is 4. The van der Waals surface area contributed by atoms with Gasteiger partial charge in [0, 0.05) is 28.4 Å². The van der Waals surface area contributed by atoms with Gasteiger partial charge in [0.15, 0.2) is 5.58 Å². The summed E-state index contributed by atoms with van der Waals surface area (Å²) in [5.74, 6) is 0.636. The molecule has 4 nitrogen and oxygen atoms in total. The van der Waals surface area contributed by atoms with Gasteiger partial charge in [-0.25, -0.2) is 4.98 Å². The van der Waals surface area contributed by atoms with Gasteiger partial charge in [-0.05, 0) is 54.6 Å². The Morgan fingerprint density at radius 3 is 2.35 bits per heavy atom. The Bertz CT molecular complexity index is 1800. The van der Waals surface area contributed by atoms with Crippen LogP contribution in [0.4, 0.5) is 0 Å². The topological polar surface area (TPSA) is 43.9 Å². The molecule has 0 N–H and O–H groups in total. The normalized spacial score (nSPS) is 11.5. The number of para-hydroxylation sites is 1. The minimum absolute atomic E-state index is 0.636. The number of aromatic nitrogens is 3. The molecule has 4 aromatic carbocycles. The first kappa shape index (κ1) is 18.8. The van der Waals surface area contributed by atoms with Crippen molar-refractivity contribution < 1.29 is 4.42 Å². The number of nitrogens with zero attached hydrogens (tertiary/aromatic N) is 3. The van der Waals surface area contributed by atoms with E-state index in [0.29, 0.717) is 5.89 Å². The smallest absolute Gasteiger partial charge is 0.227 e. The lowest BCUT2D eigenvalue weighted by molar-refractivity contribution is 0.623. The van der Waals surface area contributed by atoms with Crippen molar-refractivity contribution in [2.45, 2.75) is 0 Å². The van der Waals surface area contributed by atoms with Gasteiger partial charge in [-0.15, -0.1) is 0 Å². The van der Waals surface area contributed by atoms with Gasteiger partial charge in [0.2, 0.25) is 5.89 Å². The van der Waals surface area contributed by atoms with Crippen molar-refractivity contribution in [2.75, 3.05) is 0 Å². The Morgan fingerprint density at radius 1 is 0.647 bits per heavy atom. The van der Waals surface area contributed by atoms with Crippen LogP contribution in [-0.4, -0.2) is 14.5 Å². The zero-order valence-corrected chi connectivity index (χ0v) is 18.2. The maximum Gasteiger partial charge on any atom is 0.227 e. The molecule has 34 heavy (non-hydrogen) atoms.